The average Bonchev–Trinajstić information content (AvgIpc) is 3.41. The van der Waals surface area contributed by atoms with Crippen molar-refractivity contribution >= 4 is 28.4 Å². The Kier molecular flexibility index (Phi) is 4.51. The molecule has 1 atom stereocenters. The number of methoxy groups -OCH3 is 1. The summed E-state index contributed by atoms with van der Waals surface area (Å²) in [6.45, 7) is 2.53. The minimum absolute atomic E-state index is 0.0493. The molecule has 2 N–H and O–H groups in total. The molecule has 1 amide bonds. The zero-order valence-electron chi connectivity index (χ0n) is 16.7. The van der Waals surface area contributed by atoms with E-state index in [9.17, 15) is 4.79 Å². The van der Waals surface area contributed by atoms with Crippen LogP contribution in [0.4, 0.5) is 0 Å². The van der Waals surface area contributed by atoms with Gasteiger partial charge >= 0.3 is 0 Å². The number of nitrogens with zero attached hydrogens (tertiary/aromatic N) is 2. The molecule has 7 heteroatoms. The zero-order valence-corrected chi connectivity index (χ0v) is 17.5. The maximum absolute atomic E-state index is 13.2. The van der Waals surface area contributed by atoms with Crippen molar-refractivity contribution in [3.8, 4) is 5.75 Å². The Bertz CT molecular complexity index is 1240. The molecule has 1 aliphatic heterocycles. The van der Waals surface area contributed by atoms with Gasteiger partial charge < -0.3 is 14.6 Å². The topological polar surface area (TPSA) is 74.0 Å². The van der Waals surface area contributed by atoms with Crippen molar-refractivity contribution in [1.29, 1.82) is 0 Å². The summed E-state index contributed by atoms with van der Waals surface area (Å²) < 4.78 is 5.37. The van der Waals surface area contributed by atoms with Gasteiger partial charge in [0.2, 0.25) is 0 Å². The summed E-state index contributed by atoms with van der Waals surface area (Å²) in [5, 5.41) is 9.02. The second-order valence-electron chi connectivity index (χ2n) is 7.54. The van der Waals surface area contributed by atoms with Gasteiger partial charge in [0, 0.05) is 39.9 Å². The van der Waals surface area contributed by atoms with Crippen molar-refractivity contribution in [1.82, 2.24) is 20.1 Å². The lowest BCUT2D eigenvalue weighted by atomic mass is 9.99. The molecule has 0 spiro atoms. The minimum Gasteiger partial charge on any atom is -0.497 e. The second kappa shape index (κ2) is 7.22. The van der Waals surface area contributed by atoms with Crippen molar-refractivity contribution in [2.45, 2.75) is 19.4 Å². The number of aromatic amines is 2. The summed E-state index contributed by atoms with van der Waals surface area (Å²) >= 11 is 6.09. The number of nitrogens with one attached hydrogen (secondary N) is 2. The van der Waals surface area contributed by atoms with E-state index in [1.807, 2.05) is 60.5 Å². The molecule has 1 aliphatic rings. The van der Waals surface area contributed by atoms with Crippen LogP contribution in [-0.2, 0) is 6.42 Å². The van der Waals surface area contributed by atoms with Crippen LogP contribution in [0, 0.1) is 6.92 Å². The third-order valence-corrected chi connectivity index (χ3v) is 6.08. The molecule has 0 bridgehead atoms. The molecule has 152 valence electrons. The molecular formula is C23H21ClN4O2. The lowest BCUT2D eigenvalue weighted by molar-refractivity contribution is 0.0745. The molecule has 2 aromatic heterocycles. The molecule has 5 rings (SSSR count). The Morgan fingerprint density at radius 2 is 2.00 bits per heavy atom. The molecule has 1 unspecified atom stereocenters. The van der Waals surface area contributed by atoms with Crippen molar-refractivity contribution in [3.05, 3.63) is 81.8 Å². The quantitative estimate of drug-likeness (QED) is 0.493. The normalized spacial score (nSPS) is 15.8. The Morgan fingerprint density at radius 3 is 2.77 bits per heavy atom. The Labute approximate surface area is 178 Å². The fourth-order valence-corrected chi connectivity index (χ4v) is 4.43. The first-order chi connectivity index (χ1) is 14.6. The summed E-state index contributed by atoms with van der Waals surface area (Å²) in [4.78, 5) is 18.4. The van der Waals surface area contributed by atoms with Gasteiger partial charge in [-0.1, -0.05) is 23.7 Å². The van der Waals surface area contributed by atoms with Crippen LogP contribution in [0.3, 0.4) is 0 Å². The molecule has 30 heavy (non-hydrogen) atoms. The van der Waals surface area contributed by atoms with E-state index in [2.05, 4.69) is 15.2 Å². The number of aryl methyl sites for hydroxylation is 1. The summed E-state index contributed by atoms with van der Waals surface area (Å²) in [5.41, 5.74) is 5.59. The van der Waals surface area contributed by atoms with E-state index in [0.717, 1.165) is 45.5 Å². The largest absolute Gasteiger partial charge is 0.497 e. The summed E-state index contributed by atoms with van der Waals surface area (Å²) in [5.74, 6) is 0.766. The predicted molar refractivity (Wildman–Crippen MR) is 116 cm³/mol. The molecule has 2 aromatic carbocycles. The van der Waals surface area contributed by atoms with Gasteiger partial charge in [-0.2, -0.15) is 5.10 Å². The molecular weight excluding hydrogens is 400 g/mol. The number of carbonyl (C=O) groups excluding carboxylic acids is 1. The lowest BCUT2D eigenvalue weighted by Crippen LogP contribution is -2.31. The van der Waals surface area contributed by atoms with Gasteiger partial charge in [-0.05, 0) is 54.8 Å². The SMILES string of the molecule is COc1ccc2[nH]cc(CCN3C(=O)c4n[nH]c(C)c4C3c3ccc(Cl)cc3)c2c1. The zero-order chi connectivity index (χ0) is 20.8. The first kappa shape index (κ1) is 18.8. The highest BCUT2D eigenvalue weighted by Crippen LogP contribution is 2.39. The third-order valence-electron chi connectivity index (χ3n) is 5.83. The van der Waals surface area contributed by atoms with Crippen LogP contribution in [0.15, 0.2) is 48.7 Å². The molecule has 0 saturated heterocycles. The predicted octanol–water partition coefficient (Wildman–Crippen LogP) is 4.65. The van der Waals surface area contributed by atoms with Gasteiger partial charge in [-0.3, -0.25) is 9.89 Å². The number of hydrogen-bond donors (Lipinski definition) is 2. The van der Waals surface area contributed by atoms with Crippen LogP contribution in [-0.4, -0.2) is 39.6 Å². The van der Waals surface area contributed by atoms with Crippen molar-refractivity contribution in [3.63, 3.8) is 0 Å². The van der Waals surface area contributed by atoms with E-state index in [1.54, 1.807) is 7.11 Å². The monoisotopic (exact) mass is 420 g/mol. The van der Waals surface area contributed by atoms with Gasteiger partial charge in [0.05, 0.1) is 13.2 Å². The van der Waals surface area contributed by atoms with Crippen molar-refractivity contribution < 1.29 is 9.53 Å². The van der Waals surface area contributed by atoms with Crippen molar-refractivity contribution in [2.24, 2.45) is 0 Å². The number of fused-ring (bicyclic) bond motifs is 2. The number of carbonyl (C=O) groups is 1. The Hall–Kier alpha value is -3.25. The number of amides is 1. The van der Waals surface area contributed by atoms with Gasteiger partial charge in [-0.15, -0.1) is 0 Å². The maximum Gasteiger partial charge on any atom is 0.275 e. The fourth-order valence-electron chi connectivity index (χ4n) is 4.30. The van der Waals surface area contributed by atoms with E-state index in [4.69, 9.17) is 16.3 Å². The number of aromatic nitrogens is 3. The number of ether oxygens (including phenoxy) is 1. The van der Waals surface area contributed by atoms with Crippen LogP contribution < -0.4 is 4.74 Å². The van der Waals surface area contributed by atoms with E-state index in [1.165, 1.54) is 0 Å². The number of rotatable bonds is 5. The average molecular weight is 421 g/mol. The van der Waals surface area contributed by atoms with Gasteiger partial charge in [0.25, 0.3) is 5.91 Å². The second-order valence-corrected chi connectivity index (χ2v) is 7.98. The number of H-pyrrole nitrogens is 2. The van der Waals surface area contributed by atoms with E-state index < -0.39 is 0 Å². The van der Waals surface area contributed by atoms with E-state index >= 15 is 0 Å². The maximum atomic E-state index is 13.2. The van der Waals surface area contributed by atoms with Gasteiger partial charge in [0.1, 0.15) is 5.75 Å². The molecule has 6 nitrogen and oxygen atoms in total. The number of halogens is 1. The highest BCUT2D eigenvalue weighted by Gasteiger charge is 2.41. The first-order valence-corrected chi connectivity index (χ1v) is 10.2. The molecule has 0 radical (unpaired) electrons. The summed E-state index contributed by atoms with van der Waals surface area (Å²) in [7, 11) is 1.66. The van der Waals surface area contributed by atoms with E-state index in [-0.39, 0.29) is 11.9 Å². The van der Waals surface area contributed by atoms with Gasteiger partial charge in [-0.25, -0.2) is 0 Å². The Balaban J connectivity index is 1.48. The number of hydrogen-bond acceptors (Lipinski definition) is 3. The van der Waals surface area contributed by atoms with Crippen LogP contribution >= 0.6 is 11.6 Å². The Morgan fingerprint density at radius 1 is 1.20 bits per heavy atom. The van der Waals surface area contributed by atoms with Crippen LogP contribution in [0.1, 0.15) is 38.9 Å². The minimum atomic E-state index is -0.178. The molecule has 3 heterocycles. The molecule has 0 saturated carbocycles. The summed E-state index contributed by atoms with van der Waals surface area (Å²) in [6.07, 6.45) is 2.72. The highest BCUT2D eigenvalue weighted by molar-refractivity contribution is 6.30. The van der Waals surface area contributed by atoms with E-state index in [0.29, 0.717) is 17.3 Å². The molecule has 0 aliphatic carbocycles. The summed E-state index contributed by atoms with van der Waals surface area (Å²) in [6, 6.07) is 13.5. The first-order valence-electron chi connectivity index (χ1n) is 9.82. The van der Waals surface area contributed by atoms with Crippen LogP contribution in [0.25, 0.3) is 10.9 Å². The fraction of sp³-hybridized carbons (Fsp3) is 0.217. The van der Waals surface area contributed by atoms with Crippen LogP contribution in [0.5, 0.6) is 5.75 Å². The molecule has 4 aromatic rings. The van der Waals surface area contributed by atoms with Crippen molar-refractivity contribution in [2.75, 3.05) is 13.7 Å². The van der Waals surface area contributed by atoms with Gasteiger partial charge in [0.15, 0.2) is 5.69 Å². The van der Waals surface area contributed by atoms with Crippen LogP contribution in [0.2, 0.25) is 5.02 Å². The standard InChI is InChI=1S/C23H21ClN4O2/c1-13-20-21(27-26-13)23(29)28(22(20)14-3-5-16(24)6-4-14)10-9-15-12-25-19-8-7-17(30-2)11-18(15)19/h3-8,11-12,22,25H,9-10H2,1-2H3,(H,26,27). The molecule has 0 fully saturated rings. The lowest BCUT2D eigenvalue weighted by Gasteiger charge is -2.26. The number of benzene rings is 2. The third kappa shape index (κ3) is 2.95. The highest BCUT2D eigenvalue weighted by atomic mass is 35.5. The smallest absolute Gasteiger partial charge is 0.275 e.